The molecule has 0 aliphatic rings. The fourth-order valence-electron chi connectivity index (χ4n) is 2.66. The van der Waals surface area contributed by atoms with E-state index >= 15 is 0 Å². The van der Waals surface area contributed by atoms with Gasteiger partial charge in [0.2, 0.25) is 0 Å². The van der Waals surface area contributed by atoms with Gasteiger partial charge in [0.1, 0.15) is 0 Å². The van der Waals surface area contributed by atoms with E-state index < -0.39 is 0 Å². The van der Waals surface area contributed by atoms with Crippen molar-refractivity contribution in [1.29, 1.82) is 0 Å². The van der Waals surface area contributed by atoms with Crippen molar-refractivity contribution < 1.29 is 0 Å². The Morgan fingerprint density at radius 1 is 1.36 bits per heavy atom. The number of nitrogens with zero attached hydrogens (tertiary/aromatic N) is 3. The third-order valence-corrected chi connectivity index (χ3v) is 5.04. The summed E-state index contributed by atoms with van der Waals surface area (Å²) in [6.07, 6.45) is 1.10. The minimum atomic E-state index is 0. The lowest BCUT2D eigenvalue weighted by molar-refractivity contribution is 0.562. The SMILES string of the molecule is CCNC(=NCc1c(C)nn(C)c1C)NCC(C)Cc1cccs1.I. The normalized spacial score (nSPS) is 12.6. The van der Waals surface area contributed by atoms with Gasteiger partial charge < -0.3 is 10.6 Å². The smallest absolute Gasteiger partial charge is 0.191 e. The van der Waals surface area contributed by atoms with Crippen LogP contribution < -0.4 is 10.6 Å². The van der Waals surface area contributed by atoms with E-state index in [1.165, 1.54) is 16.1 Å². The number of thiophene rings is 1. The third kappa shape index (κ3) is 6.62. The molecule has 25 heavy (non-hydrogen) atoms. The summed E-state index contributed by atoms with van der Waals surface area (Å²) in [6, 6.07) is 4.32. The van der Waals surface area contributed by atoms with E-state index in [-0.39, 0.29) is 24.0 Å². The molecule has 2 rings (SSSR count). The van der Waals surface area contributed by atoms with Gasteiger partial charge in [0, 0.05) is 36.3 Å². The van der Waals surface area contributed by atoms with Crippen molar-refractivity contribution in [3.63, 3.8) is 0 Å². The second-order valence-electron chi connectivity index (χ2n) is 6.24. The Labute approximate surface area is 172 Å². The van der Waals surface area contributed by atoms with Crippen LogP contribution in [-0.2, 0) is 20.0 Å². The maximum atomic E-state index is 4.73. The molecular formula is C18H30IN5S. The Hall–Kier alpha value is -1.09. The summed E-state index contributed by atoms with van der Waals surface area (Å²) in [5.41, 5.74) is 3.44. The highest BCUT2D eigenvalue weighted by Gasteiger charge is 2.10. The van der Waals surface area contributed by atoms with Gasteiger partial charge in [-0.2, -0.15) is 5.10 Å². The number of rotatable bonds is 7. The van der Waals surface area contributed by atoms with Crippen molar-refractivity contribution in [2.24, 2.45) is 18.0 Å². The van der Waals surface area contributed by atoms with E-state index in [1.807, 2.05) is 30.0 Å². The lowest BCUT2D eigenvalue weighted by atomic mass is 10.1. The van der Waals surface area contributed by atoms with Crippen molar-refractivity contribution >= 4 is 41.3 Å². The zero-order valence-corrected chi connectivity index (χ0v) is 18.9. The van der Waals surface area contributed by atoms with Gasteiger partial charge in [-0.05, 0) is 44.6 Å². The number of guanidine groups is 1. The first-order chi connectivity index (χ1) is 11.5. The van der Waals surface area contributed by atoms with Gasteiger partial charge in [-0.3, -0.25) is 4.68 Å². The van der Waals surface area contributed by atoms with Crippen LogP contribution in [0.15, 0.2) is 22.5 Å². The van der Waals surface area contributed by atoms with Crippen molar-refractivity contribution in [3.8, 4) is 0 Å². The lowest BCUT2D eigenvalue weighted by Gasteiger charge is -2.15. The molecule has 1 atom stereocenters. The van der Waals surface area contributed by atoms with E-state index in [1.54, 1.807) is 0 Å². The molecule has 0 aliphatic heterocycles. The Kier molecular flexibility index (Phi) is 9.48. The zero-order valence-electron chi connectivity index (χ0n) is 15.8. The second kappa shape index (κ2) is 10.8. The first kappa shape index (κ1) is 22.0. The van der Waals surface area contributed by atoms with Crippen LogP contribution in [0.2, 0.25) is 0 Å². The number of aryl methyl sites for hydroxylation is 2. The average molecular weight is 475 g/mol. The Balaban J connectivity index is 0.00000312. The topological polar surface area (TPSA) is 54.2 Å². The van der Waals surface area contributed by atoms with E-state index in [9.17, 15) is 0 Å². The summed E-state index contributed by atoms with van der Waals surface area (Å²) >= 11 is 1.83. The minimum Gasteiger partial charge on any atom is -0.357 e. The first-order valence-corrected chi connectivity index (χ1v) is 9.42. The maximum absolute atomic E-state index is 4.73. The fourth-order valence-corrected chi connectivity index (χ4v) is 3.53. The van der Waals surface area contributed by atoms with E-state index in [0.717, 1.165) is 31.2 Å². The minimum absolute atomic E-state index is 0. The molecule has 0 saturated heterocycles. The molecule has 0 saturated carbocycles. The molecule has 2 N–H and O–H groups in total. The summed E-state index contributed by atoms with van der Waals surface area (Å²) in [5, 5.41) is 13.4. The van der Waals surface area contributed by atoms with Crippen LogP contribution in [0, 0.1) is 19.8 Å². The molecule has 1 unspecified atom stereocenters. The molecule has 5 nitrogen and oxygen atoms in total. The van der Waals surface area contributed by atoms with Crippen LogP contribution in [-0.4, -0.2) is 28.8 Å². The maximum Gasteiger partial charge on any atom is 0.191 e. The predicted molar refractivity (Wildman–Crippen MR) is 118 cm³/mol. The van der Waals surface area contributed by atoms with Crippen LogP contribution in [0.5, 0.6) is 0 Å². The molecule has 7 heteroatoms. The van der Waals surface area contributed by atoms with Gasteiger partial charge in [-0.1, -0.05) is 13.0 Å². The summed E-state index contributed by atoms with van der Waals surface area (Å²) in [4.78, 5) is 6.17. The number of halogens is 1. The molecule has 0 fully saturated rings. The lowest BCUT2D eigenvalue weighted by Crippen LogP contribution is -2.39. The Morgan fingerprint density at radius 3 is 2.68 bits per heavy atom. The van der Waals surface area contributed by atoms with Crippen molar-refractivity contribution in [2.45, 2.75) is 40.7 Å². The zero-order chi connectivity index (χ0) is 17.5. The van der Waals surface area contributed by atoms with Crippen LogP contribution in [0.1, 0.15) is 35.7 Å². The quantitative estimate of drug-likeness (QED) is 0.365. The molecule has 0 aliphatic carbocycles. The van der Waals surface area contributed by atoms with Gasteiger partial charge >= 0.3 is 0 Å². The van der Waals surface area contributed by atoms with Crippen molar-refractivity contribution in [2.75, 3.05) is 13.1 Å². The number of nitrogens with one attached hydrogen (secondary N) is 2. The summed E-state index contributed by atoms with van der Waals surface area (Å²) in [7, 11) is 1.98. The summed E-state index contributed by atoms with van der Waals surface area (Å²) < 4.78 is 1.92. The number of hydrogen-bond acceptors (Lipinski definition) is 3. The predicted octanol–water partition coefficient (Wildman–Crippen LogP) is 3.65. The molecule has 0 spiro atoms. The molecule has 2 aromatic heterocycles. The fraction of sp³-hybridized carbons (Fsp3) is 0.556. The molecule has 2 aromatic rings. The van der Waals surface area contributed by atoms with Crippen LogP contribution in [0.4, 0.5) is 0 Å². The molecule has 140 valence electrons. The Morgan fingerprint density at radius 2 is 2.12 bits per heavy atom. The Bertz CT molecular complexity index is 663. The number of hydrogen-bond donors (Lipinski definition) is 2. The standard InChI is InChI=1S/C18H29N5S.HI/c1-6-19-18(20-11-13(2)10-16-8-7-9-24-16)21-12-17-14(3)22-23(5)15(17)4;/h7-9,13H,6,10-12H2,1-5H3,(H2,19,20,21);1H. The average Bonchev–Trinajstić information content (AvgIpc) is 3.12. The number of aromatic nitrogens is 2. The number of aliphatic imine (C=N–C) groups is 1. The highest BCUT2D eigenvalue weighted by atomic mass is 127. The van der Waals surface area contributed by atoms with E-state index in [2.05, 4.69) is 54.0 Å². The van der Waals surface area contributed by atoms with Gasteiger partial charge in [0.05, 0.1) is 12.2 Å². The molecule has 0 bridgehead atoms. The van der Waals surface area contributed by atoms with Gasteiger partial charge in [0.25, 0.3) is 0 Å². The second-order valence-corrected chi connectivity index (χ2v) is 7.27. The van der Waals surface area contributed by atoms with Gasteiger partial charge in [-0.25, -0.2) is 4.99 Å². The van der Waals surface area contributed by atoms with Gasteiger partial charge in [-0.15, -0.1) is 35.3 Å². The molecule has 0 aromatic carbocycles. The third-order valence-electron chi connectivity index (χ3n) is 4.15. The van der Waals surface area contributed by atoms with Gasteiger partial charge in [0.15, 0.2) is 5.96 Å². The van der Waals surface area contributed by atoms with E-state index in [0.29, 0.717) is 12.5 Å². The van der Waals surface area contributed by atoms with Crippen LogP contribution >= 0.6 is 35.3 Å². The molecular weight excluding hydrogens is 445 g/mol. The van der Waals surface area contributed by atoms with Crippen LogP contribution in [0.25, 0.3) is 0 Å². The molecule has 0 amide bonds. The summed E-state index contributed by atoms with van der Waals surface area (Å²) in [5.74, 6) is 1.44. The van der Waals surface area contributed by atoms with Crippen molar-refractivity contribution in [1.82, 2.24) is 20.4 Å². The highest BCUT2D eigenvalue weighted by Crippen LogP contribution is 2.14. The molecule has 2 heterocycles. The van der Waals surface area contributed by atoms with Crippen LogP contribution in [0.3, 0.4) is 0 Å². The largest absolute Gasteiger partial charge is 0.357 e. The highest BCUT2D eigenvalue weighted by molar-refractivity contribution is 14.0. The monoisotopic (exact) mass is 475 g/mol. The molecule has 0 radical (unpaired) electrons. The summed E-state index contributed by atoms with van der Waals surface area (Å²) in [6.45, 7) is 10.9. The van der Waals surface area contributed by atoms with E-state index in [4.69, 9.17) is 4.99 Å². The van der Waals surface area contributed by atoms with Crippen molar-refractivity contribution in [3.05, 3.63) is 39.3 Å². The first-order valence-electron chi connectivity index (χ1n) is 8.54.